The normalized spacial score (nSPS) is 10.6. The molecule has 18 heavy (non-hydrogen) atoms. The number of nitrogens with zero attached hydrogens (tertiary/aromatic N) is 2. The lowest BCUT2D eigenvalue weighted by Crippen LogP contribution is -2.07. The van der Waals surface area contributed by atoms with Crippen molar-refractivity contribution < 1.29 is 9.53 Å². The average Bonchev–Trinajstić information content (AvgIpc) is 2.81. The molecule has 1 N–H and O–H groups in total. The largest absolute Gasteiger partial charge is 0.462 e. The Kier molecular flexibility index (Phi) is 4.09. The predicted octanol–water partition coefficient (Wildman–Crippen LogP) is 2.69. The van der Waals surface area contributed by atoms with Gasteiger partial charge in [-0.25, -0.2) is 14.8 Å². The number of hydrogen-bond donors (Lipinski definition) is 1. The quantitative estimate of drug-likeness (QED) is 0.842. The van der Waals surface area contributed by atoms with E-state index in [4.69, 9.17) is 4.74 Å². The number of nitrogens with one attached hydrogen (secondary N) is 1. The molecule has 0 saturated heterocycles. The van der Waals surface area contributed by atoms with Crippen molar-refractivity contribution in [1.82, 2.24) is 9.97 Å². The summed E-state index contributed by atoms with van der Waals surface area (Å²) in [5.74, 6) is 0.379. The first kappa shape index (κ1) is 12.8. The Bertz CT molecular complexity index is 553. The number of hydrogen-bond acceptors (Lipinski definition) is 6. The van der Waals surface area contributed by atoms with Crippen LogP contribution in [0.4, 0.5) is 5.82 Å². The molecule has 0 radical (unpaired) electrons. The van der Waals surface area contributed by atoms with Crippen LogP contribution in [0.2, 0.25) is 0 Å². The third-order valence-corrected chi connectivity index (χ3v) is 3.29. The summed E-state index contributed by atoms with van der Waals surface area (Å²) < 4.78 is 5.04. The number of fused-ring (bicyclic) bond motifs is 1. The van der Waals surface area contributed by atoms with E-state index in [1.54, 1.807) is 12.3 Å². The van der Waals surface area contributed by atoms with Crippen LogP contribution in [-0.2, 0) is 4.74 Å². The second kappa shape index (κ2) is 5.77. The minimum absolute atomic E-state index is 0.321. The van der Waals surface area contributed by atoms with Crippen molar-refractivity contribution in [3.8, 4) is 0 Å². The zero-order chi connectivity index (χ0) is 13.0. The molecule has 0 amide bonds. The lowest BCUT2D eigenvalue weighted by Gasteiger charge is -2.06. The average molecular weight is 265 g/mol. The minimum atomic E-state index is -0.321. The maximum Gasteiger partial charge on any atom is 0.339 e. The number of carbonyl (C=O) groups excluding carboxylic acids is 1. The second-order valence-electron chi connectivity index (χ2n) is 3.70. The van der Waals surface area contributed by atoms with Gasteiger partial charge in [0.15, 0.2) is 0 Å². The van der Waals surface area contributed by atoms with E-state index in [0.717, 1.165) is 23.2 Å². The highest BCUT2D eigenvalue weighted by molar-refractivity contribution is 7.17. The maximum atomic E-state index is 11.8. The number of rotatable bonds is 5. The van der Waals surface area contributed by atoms with Crippen LogP contribution in [0.5, 0.6) is 0 Å². The summed E-state index contributed by atoms with van der Waals surface area (Å²) in [6.07, 6.45) is 2.50. The Hall–Kier alpha value is -1.69. The molecule has 5 nitrogen and oxygen atoms in total. The number of anilines is 1. The Morgan fingerprint density at radius 2 is 2.28 bits per heavy atom. The Labute approximate surface area is 109 Å². The van der Waals surface area contributed by atoms with E-state index in [1.165, 1.54) is 17.7 Å². The molecule has 2 heterocycles. The van der Waals surface area contributed by atoms with Gasteiger partial charge >= 0.3 is 5.97 Å². The first-order valence-corrected chi connectivity index (χ1v) is 6.79. The van der Waals surface area contributed by atoms with Crippen molar-refractivity contribution in [3.63, 3.8) is 0 Å². The SMILES string of the molecule is CCCNc1ncnc2scc(C(=O)OCC)c12. The fraction of sp³-hybridized carbons (Fsp3) is 0.417. The lowest BCUT2D eigenvalue weighted by molar-refractivity contribution is 0.0529. The first-order chi connectivity index (χ1) is 8.77. The Morgan fingerprint density at radius 3 is 3.00 bits per heavy atom. The zero-order valence-corrected chi connectivity index (χ0v) is 11.2. The van der Waals surface area contributed by atoms with Crippen LogP contribution in [-0.4, -0.2) is 29.1 Å². The molecule has 0 bridgehead atoms. The molecule has 96 valence electrons. The van der Waals surface area contributed by atoms with Gasteiger partial charge in [-0.2, -0.15) is 0 Å². The molecule has 2 aromatic rings. The summed E-state index contributed by atoms with van der Waals surface area (Å²) in [4.78, 5) is 21.0. The summed E-state index contributed by atoms with van der Waals surface area (Å²) in [7, 11) is 0. The van der Waals surface area contributed by atoms with Crippen LogP contribution in [0.15, 0.2) is 11.7 Å². The maximum absolute atomic E-state index is 11.8. The van der Waals surface area contributed by atoms with Gasteiger partial charge in [0.2, 0.25) is 0 Å². The van der Waals surface area contributed by atoms with Crippen molar-refractivity contribution >= 4 is 33.3 Å². The monoisotopic (exact) mass is 265 g/mol. The highest BCUT2D eigenvalue weighted by Gasteiger charge is 2.17. The number of aromatic nitrogens is 2. The highest BCUT2D eigenvalue weighted by Crippen LogP contribution is 2.29. The van der Waals surface area contributed by atoms with Crippen LogP contribution in [0.1, 0.15) is 30.6 Å². The Balaban J connectivity index is 2.44. The summed E-state index contributed by atoms with van der Waals surface area (Å²) in [6, 6.07) is 0. The zero-order valence-electron chi connectivity index (χ0n) is 10.4. The summed E-state index contributed by atoms with van der Waals surface area (Å²) in [5, 5.41) is 5.74. The summed E-state index contributed by atoms with van der Waals surface area (Å²) in [6.45, 7) is 5.04. The van der Waals surface area contributed by atoms with Crippen LogP contribution in [0.25, 0.3) is 10.2 Å². The van der Waals surface area contributed by atoms with Crippen LogP contribution >= 0.6 is 11.3 Å². The van der Waals surface area contributed by atoms with Crippen LogP contribution in [0.3, 0.4) is 0 Å². The molecule has 0 aliphatic rings. The van der Waals surface area contributed by atoms with E-state index >= 15 is 0 Å². The topological polar surface area (TPSA) is 64.1 Å². The molecular weight excluding hydrogens is 250 g/mol. The molecule has 6 heteroatoms. The van der Waals surface area contributed by atoms with Crippen molar-refractivity contribution in [3.05, 3.63) is 17.3 Å². The van der Waals surface area contributed by atoms with E-state index in [1.807, 2.05) is 0 Å². The smallest absolute Gasteiger partial charge is 0.339 e. The first-order valence-electron chi connectivity index (χ1n) is 5.91. The van der Waals surface area contributed by atoms with Crippen LogP contribution < -0.4 is 5.32 Å². The number of ether oxygens (including phenoxy) is 1. The van der Waals surface area contributed by atoms with Gasteiger partial charge in [0.25, 0.3) is 0 Å². The summed E-state index contributed by atoms with van der Waals surface area (Å²) >= 11 is 1.42. The van der Waals surface area contributed by atoms with E-state index in [2.05, 4.69) is 22.2 Å². The molecule has 0 aromatic carbocycles. The van der Waals surface area contributed by atoms with Gasteiger partial charge in [-0.1, -0.05) is 6.92 Å². The molecule has 0 unspecified atom stereocenters. The van der Waals surface area contributed by atoms with Gasteiger partial charge in [0.05, 0.1) is 17.6 Å². The molecule has 0 spiro atoms. The number of carbonyl (C=O) groups is 1. The molecule has 0 fully saturated rings. The summed E-state index contributed by atoms with van der Waals surface area (Å²) in [5.41, 5.74) is 0.538. The third kappa shape index (κ3) is 2.43. The van der Waals surface area contributed by atoms with E-state index < -0.39 is 0 Å². The number of thiophene rings is 1. The molecule has 0 aliphatic carbocycles. The van der Waals surface area contributed by atoms with E-state index in [9.17, 15) is 4.79 Å². The van der Waals surface area contributed by atoms with Crippen LogP contribution in [0, 0.1) is 0 Å². The number of esters is 1. The van der Waals surface area contributed by atoms with Gasteiger partial charge in [0, 0.05) is 11.9 Å². The van der Waals surface area contributed by atoms with Gasteiger partial charge in [-0.05, 0) is 13.3 Å². The predicted molar refractivity (Wildman–Crippen MR) is 72.2 cm³/mol. The van der Waals surface area contributed by atoms with E-state index in [0.29, 0.717) is 18.0 Å². The second-order valence-corrected chi connectivity index (χ2v) is 4.56. The van der Waals surface area contributed by atoms with Crippen molar-refractivity contribution in [1.29, 1.82) is 0 Å². The molecule has 0 aliphatic heterocycles. The fourth-order valence-electron chi connectivity index (χ4n) is 1.61. The van der Waals surface area contributed by atoms with Gasteiger partial charge in [-0.15, -0.1) is 11.3 Å². The van der Waals surface area contributed by atoms with Crippen molar-refractivity contribution in [2.24, 2.45) is 0 Å². The van der Waals surface area contributed by atoms with E-state index in [-0.39, 0.29) is 5.97 Å². The fourth-order valence-corrected chi connectivity index (χ4v) is 2.49. The molecule has 0 atom stereocenters. The molecular formula is C12H15N3O2S. The molecule has 2 aromatic heterocycles. The molecule has 2 rings (SSSR count). The highest BCUT2D eigenvalue weighted by atomic mass is 32.1. The van der Waals surface area contributed by atoms with Gasteiger partial charge < -0.3 is 10.1 Å². The Morgan fingerprint density at radius 1 is 1.44 bits per heavy atom. The van der Waals surface area contributed by atoms with Crippen molar-refractivity contribution in [2.75, 3.05) is 18.5 Å². The van der Waals surface area contributed by atoms with Crippen molar-refractivity contribution in [2.45, 2.75) is 20.3 Å². The van der Waals surface area contributed by atoms with Gasteiger partial charge in [0.1, 0.15) is 17.0 Å². The minimum Gasteiger partial charge on any atom is -0.462 e. The molecule has 0 saturated carbocycles. The third-order valence-electron chi connectivity index (χ3n) is 2.41. The lowest BCUT2D eigenvalue weighted by atomic mass is 10.2. The van der Waals surface area contributed by atoms with Gasteiger partial charge in [-0.3, -0.25) is 0 Å². The standard InChI is InChI=1S/C12H15N3O2S/c1-3-5-13-10-9-8(12(16)17-4-2)6-18-11(9)15-7-14-10/h6-7H,3-5H2,1-2H3,(H,13,14,15).